The SMILES string of the molecule is CC1=C(C(=O)O)[C@H](c2ccc([N+](=O)[O-])cc2)C(C(=O)NCCCN2CCC(c3ccccc3)(c3ccccc3)CC2)=C(C)N1. The van der Waals surface area contributed by atoms with E-state index in [4.69, 9.17) is 0 Å². The number of hydrogen-bond donors (Lipinski definition) is 3. The van der Waals surface area contributed by atoms with Crippen LogP contribution in [0.5, 0.6) is 0 Å². The van der Waals surface area contributed by atoms with Crippen molar-refractivity contribution in [2.45, 2.75) is 44.4 Å². The number of benzene rings is 3. The molecular formula is C35H38N4O5. The molecule has 1 saturated heterocycles. The van der Waals surface area contributed by atoms with Crippen LogP contribution in [0.4, 0.5) is 5.69 Å². The van der Waals surface area contributed by atoms with Crippen LogP contribution >= 0.6 is 0 Å². The predicted molar refractivity (Wildman–Crippen MR) is 169 cm³/mol. The summed E-state index contributed by atoms with van der Waals surface area (Å²) in [5.74, 6) is -2.36. The van der Waals surface area contributed by atoms with E-state index in [0.29, 0.717) is 29.1 Å². The van der Waals surface area contributed by atoms with E-state index in [0.717, 1.165) is 38.9 Å². The Labute approximate surface area is 257 Å². The van der Waals surface area contributed by atoms with Gasteiger partial charge in [-0.3, -0.25) is 14.9 Å². The molecule has 0 unspecified atom stereocenters. The zero-order chi connectivity index (χ0) is 31.3. The van der Waals surface area contributed by atoms with Crippen LogP contribution < -0.4 is 10.6 Å². The number of nitro groups is 1. The molecule has 3 N–H and O–H groups in total. The van der Waals surface area contributed by atoms with Crippen molar-refractivity contribution in [3.8, 4) is 0 Å². The van der Waals surface area contributed by atoms with Crippen LogP contribution in [0.15, 0.2) is 107 Å². The summed E-state index contributed by atoms with van der Waals surface area (Å²) < 4.78 is 0. The van der Waals surface area contributed by atoms with Gasteiger partial charge in [0, 0.05) is 41.1 Å². The third kappa shape index (κ3) is 6.28. The van der Waals surface area contributed by atoms with Crippen LogP contribution in [-0.2, 0) is 15.0 Å². The summed E-state index contributed by atoms with van der Waals surface area (Å²) in [4.78, 5) is 39.0. The number of nitrogens with one attached hydrogen (secondary N) is 2. The Kier molecular flexibility index (Phi) is 9.25. The van der Waals surface area contributed by atoms with E-state index in [1.165, 1.54) is 35.4 Å². The molecule has 2 heterocycles. The lowest BCUT2D eigenvalue weighted by Gasteiger charge is -2.43. The number of allylic oxidation sites excluding steroid dienone is 2. The van der Waals surface area contributed by atoms with Gasteiger partial charge in [0.05, 0.1) is 16.4 Å². The van der Waals surface area contributed by atoms with E-state index in [-0.39, 0.29) is 22.6 Å². The Morgan fingerprint density at radius 3 is 1.98 bits per heavy atom. The first-order chi connectivity index (χ1) is 21.2. The smallest absolute Gasteiger partial charge is 0.334 e. The number of nitrogens with zero attached hydrogens (tertiary/aromatic N) is 2. The summed E-state index contributed by atoms with van der Waals surface area (Å²) in [6, 6.07) is 27.2. The topological polar surface area (TPSA) is 125 Å². The van der Waals surface area contributed by atoms with Gasteiger partial charge in [-0.2, -0.15) is 0 Å². The van der Waals surface area contributed by atoms with Gasteiger partial charge in [0.25, 0.3) is 5.69 Å². The fraction of sp³-hybridized carbons (Fsp3) is 0.314. The number of aliphatic carboxylic acids is 1. The van der Waals surface area contributed by atoms with E-state index in [2.05, 4.69) is 76.2 Å². The first-order valence-corrected chi connectivity index (χ1v) is 15.0. The third-order valence-electron chi connectivity index (χ3n) is 8.97. The molecule has 1 atom stereocenters. The maximum Gasteiger partial charge on any atom is 0.334 e. The molecule has 9 heteroatoms. The zero-order valence-electron chi connectivity index (χ0n) is 25.1. The number of non-ortho nitro benzene ring substituents is 1. The van der Waals surface area contributed by atoms with Crippen LogP contribution in [-0.4, -0.2) is 53.0 Å². The third-order valence-corrected chi connectivity index (χ3v) is 8.97. The lowest BCUT2D eigenvalue weighted by Crippen LogP contribution is -2.44. The van der Waals surface area contributed by atoms with Crippen LogP contribution in [0.1, 0.15) is 55.7 Å². The molecule has 2 aliphatic rings. The van der Waals surface area contributed by atoms with Gasteiger partial charge in [-0.15, -0.1) is 0 Å². The number of rotatable bonds is 10. The largest absolute Gasteiger partial charge is 0.478 e. The van der Waals surface area contributed by atoms with Crippen LogP contribution in [0.2, 0.25) is 0 Å². The second kappa shape index (κ2) is 13.3. The first kappa shape index (κ1) is 30.7. The van der Waals surface area contributed by atoms with E-state index in [9.17, 15) is 24.8 Å². The molecule has 0 saturated carbocycles. The summed E-state index contributed by atoms with van der Waals surface area (Å²) in [5, 5.41) is 27.3. The van der Waals surface area contributed by atoms with Crippen LogP contribution in [0.25, 0.3) is 0 Å². The van der Waals surface area contributed by atoms with E-state index in [1.54, 1.807) is 13.8 Å². The van der Waals surface area contributed by atoms with Gasteiger partial charge >= 0.3 is 5.97 Å². The highest BCUT2D eigenvalue weighted by Gasteiger charge is 2.38. The standard InChI is InChI=1S/C35H38N4O5/c1-24-30(32(31(34(41)42)25(2)37-24)26-14-16-29(17-15-26)39(43)44)33(40)36-20-9-21-38-22-18-35(19-23-38,27-10-5-3-6-11-27)28-12-7-4-8-13-28/h3-8,10-17,32,37H,9,18-23H2,1-2H3,(H,36,40)(H,41,42)/t32-/m1/s1. The average Bonchev–Trinajstić information content (AvgIpc) is 3.03. The van der Waals surface area contributed by atoms with Crippen molar-refractivity contribution in [1.82, 2.24) is 15.5 Å². The second-order valence-corrected chi connectivity index (χ2v) is 11.6. The Morgan fingerprint density at radius 1 is 0.909 bits per heavy atom. The number of likely N-dealkylation sites (tertiary alicyclic amines) is 1. The minimum absolute atomic E-state index is 0.0222. The second-order valence-electron chi connectivity index (χ2n) is 11.6. The summed E-state index contributed by atoms with van der Waals surface area (Å²) >= 11 is 0. The fourth-order valence-electron chi connectivity index (χ4n) is 6.72. The zero-order valence-corrected chi connectivity index (χ0v) is 25.1. The number of carbonyl (C=O) groups is 2. The highest BCUT2D eigenvalue weighted by molar-refractivity contribution is 6.01. The minimum Gasteiger partial charge on any atom is -0.478 e. The molecule has 5 rings (SSSR count). The molecule has 0 aromatic heterocycles. The molecule has 0 spiro atoms. The molecule has 3 aromatic rings. The van der Waals surface area contributed by atoms with Gasteiger partial charge in [-0.1, -0.05) is 72.8 Å². The molecule has 2 aliphatic heterocycles. The number of carbonyl (C=O) groups excluding carboxylic acids is 1. The number of nitro benzene ring substituents is 1. The fourth-order valence-corrected chi connectivity index (χ4v) is 6.72. The molecule has 1 fully saturated rings. The maximum absolute atomic E-state index is 13.5. The maximum atomic E-state index is 13.5. The van der Waals surface area contributed by atoms with Crippen molar-refractivity contribution in [2.24, 2.45) is 0 Å². The minimum atomic E-state index is -1.15. The van der Waals surface area contributed by atoms with Gasteiger partial charge in [0.1, 0.15) is 0 Å². The average molecular weight is 595 g/mol. The van der Waals surface area contributed by atoms with Crippen LogP contribution in [0, 0.1) is 10.1 Å². The summed E-state index contributed by atoms with van der Waals surface area (Å²) in [6.07, 6.45) is 2.76. The van der Waals surface area contributed by atoms with Gasteiger partial charge in [-0.25, -0.2) is 4.79 Å². The predicted octanol–water partition coefficient (Wildman–Crippen LogP) is 5.50. The number of dihydropyridines is 1. The summed E-state index contributed by atoms with van der Waals surface area (Å²) in [6.45, 7) is 6.56. The Hall–Kier alpha value is -4.76. The number of carboxylic acid groups (broad SMARTS) is 1. The van der Waals surface area contributed by atoms with Gasteiger partial charge in [0.15, 0.2) is 0 Å². The normalized spacial score (nSPS) is 18.5. The Bertz CT molecular complexity index is 1530. The highest BCUT2D eigenvalue weighted by atomic mass is 16.6. The molecule has 0 bridgehead atoms. The van der Waals surface area contributed by atoms with E-state index in [1.807, 2.05) is 0 Å². The lowest BCUT2D eigenvalue weighted by atomic mass is 9.68. The van der Waals surface area contributed by atoms with Crippen molar-refractivity contribution in [3.05, 3.63) is 134 Å². The number of amides is 1. The molecule has 44 heavy (non-hydrogen) atoms. The lowest BCUT2D eigenvalue weighted by molar-refractivity contribution is -0.384. The number of carboxylic acids is 1. The molecule has 0 aliphatic carbocycles. The van der Waals surface area contributed by atoms with E-state index < -0.39 is 16.8 Å². The monoisotopic (exact) mass is 594 g/mol. The van der Waals surface area contributed by atoms with Crippen molar-refractivity contribution in [3.63, 3.8) is 0 Å². The molecular weight excluding hydrogens is 556 g/mol. The molecule has 0 radical (unpaired) electrons. The van der Waals surface area contributed by atoms with Crippen molar-refractivity contribution < 1.29 is 19.6 Å². The van der Waals surface area contributed by atoms with Crippen molar-refractivity contribution >= 4 is 17.6 Å². The summed E-state index contributed by atoms with van der Waals surface area (Å²) in [5.41, 5.74) is 4.40. The first-order valence-electron chi connectivity index (χ1n) is 15.0. The van der Waals surface area contributed by atoms with Gasteiger partial charge in [-0.05, 0) is 69.4 Å². The number of piperidine rings is 1. The highest BCUT2D eigenvalue weighted by Crippen LogP contribution is 2.42. The molecule has 3 aromatic carbocycles. The van der Waals surface area contributed by atoms with E-state index >= 15 is 0 Å². The molecule has 9 nitrogen and oxygen atoms in total. The molecule has 1 amide bonds. The summed E-state index contributed by atoms with van der Waals surface area (Å²) in [7, 11) is 0. The quantitative estimate of drug-likeness (QED) is 0.161. The van der Waals surface area contributed by atoms with Crippen molar-refractivity contribution in [2.75, 3.05) is 26.2 Å². The van der Waals surface area contributed by atoms with Crippen molar-refractivity contribution in [1.29, 1.82) is 0 Å². The van der Waals surface area contributed by atoms with Gasteiger partial charge in [0.2, 0.25) is 5.91 Å². The van der Waals surface area contributed by atoms with Crippen LogP contribution in [0.3, 0.4) is 0 Å². The number of hydrogen-bond acceptors (Lipinski definition) is 6. The molecule has 228 valence electrons. The van der Waals surface area contributed by atoms with Gasteiger partial charge < -0.3 is 20.6 Å². The Morgan fingerprint density at radius 2 is 1.45 bits per heavy atom. The Balaban J connectivity index is 1.23.